The standard InChI is InChI=1S/C26H30N4O5S/c1-4-18(31)11-17-10-9-16(2)30(17)26(32)22-12-23-20(13-27-22)25(28-29(23)15-36(3,33)34)21-14-35-24-8-6-5-7-19(21)24/h5-8,12-14,16-18,31H,4,9-11,15H2,1-3H3. The van der Waals surface area contributed by atoms with E-state index in [9.17, 15) is 18.3 Å². The zero-order chi connectivity index (χ0) is 25.6. The van der Waals surface area contributed by atoms with Crippen LogP contribution in [0.4, 0.5) is 0 Å². The van der Waals surface area contributed by atoms with Gasteiger partial charge >= 0.3 is 0 Å². The Hall–Kier alpha value is -3.24. The lowest BCUT2D eigenvalue weighted by Crippen LogP contribution is -2.41. The number of pyridine rings is 1. The van der Waals surface area contributed by atoms with Gasteiger partial charge in [-0.2, -0.15) is 5.10 Å². The number of likely N-dealkylation sites (tertiary alicyclic amines) is 1. The molecule has 3 unspecified atom stereocenters. The van der Waals surface area contributed by atoms with Crippen molar-refractivity contribution in [3.05, 3.63) is 48.5 Å². The molecule has 0 radical (unpaired) electrons. The van der Waals surface area contributed by atoms with Gasteiger partial charge in [-0.15, -0.1) is 0 Å². The minimum absolute atomic E-state index is 0.0258. The largest absolute Gasteiger partial charge is 0.464 e. The molecule has 9 nitrogen and oxygen atoms in total. The number of rotatable bonds is 7. The molecule has 1 aliphatic rings. The second kappa shape index (κ2) is 9.33. The highest BCUT2D eigenvalue weighted by Gasteiger charge is 2.36. The fourth-order valence-corrected chi connectivity index (χ4v) is 5.79. The average molecular weight is 511 g/mol. The number of nitrogens with zero attached hydrogens (tertiary/aromatic N) is 4. The molecule has 1 fully saturated rings. The number of aliphatic hydroxyl groups is 1. The molecule has 4 heterocycles. The number of amides is 1. The minimum Gasteiger partial charge on any atom is -0.464 e. The minimum atomic E-state index is -3.42. The van der Waals surface area contributed by atoms with Crippen molar-refractivity contribution in [1.29, 1.82) is 0 Å². The molecule has 3 atom stereocenters. The van der Waals surface area contributed by atoms with Crippen LogP contribution in [0.15, 0.2) is 47.2 Å². The number of furan rings is 1. The molecular formula is C26H30N4O5S. The van der Waals surface area contributed by atoms with Crippen molar-refractivity contribution in [3.63, 3.8) is 0 Å². The number of aliphatic hydroxyl groups excluding tert-OH is 1. The Kier molecular flexibility index (Phi) is 6.34. The summed E-state index contributed by atoms with van der Waals surface area (Å²) in [7, 11) is -3.42. The molecule has 190 valence electrons. The maximum Gasteiger partial charge on any atom is 0.273 e. The fourth-order valence-electron chi connectivity index (χ4n) is 5.15. The van der Waals surface area contributed by atoms with Crippen LogP contribution in [0.25, 0.3) is 33.1 Å². The van der Waals surface area contributed by atoms with Crippen molar-refractivity contribution in [1.82, 2.24) is 19.7 Å². The van der Waals surface area contributed by atoms with E-state index in [2.05, 4.69) is 10.1 Å². The topological polar surface area (TPSA) is 119 Å². The van der Waals surface area contributed by atoms with Crippen molar-refractivity contribution in [3.8, 4) is 11.3 Å². The Labute approximate surface area is 209 Å². The number of sulfone groups is 1. The summed E-state index contributed by atoms with van der Waals surface area (Å²) >= 11 is 0. The summed E-state index contributed by atoms with van der Waals surface area (Å²) in [6.07, 6.45) is 6.72. The lowest BCUT2D eigenvalue weighted by Gasteiger charge is -2.29. The van der Waals surface area contributed by atoms with Gasteiger partial charge < -0.3 is 14.4 Å². The van der Waals surface area contributed by atoms with Crippen molar-refractivity contribution >= 4 is 37.6 Å². The summed E-state index contributed by atoms with van der Waals surface area (Å²) in [6, 6.07) is 9.13. The molecule has 1 aromatic carbocycles. The number of carbonyl (C=O) groups excluding carboxylic acids is 1. The van der Waals surface area contributed by atoms with Crippen LogP contribution in [0.5, 0.6) is 0 Å². The first-order chi connectivity index (χ1) is 17.2. The molecule has 3 aromatic heterocycles. The first-order valence-corrected chi connectivity index (χ1v) is 14.2. The summed E-state index contributed by atoms with van der Waals surface area (Å²) < 4.78 is 31.5. The molecule has 0 saturated carbocycles. The third kappa shape index (κ3) is 4.51. The third-order valence-corrected chi connectivity index (χ3v) is 7.70. The van der Waals surface area contributed by atoms with Crippen LogP contribution in [0.3, 0.4) is 0 Å². The van der Waals surface area contributed by atoms with E-state index >= 15 is 0 Å². The van der Waals surface area contributed by atoms with E-state index in [4.69, 9.17) is 4.42 Å². The van der Waals surface area contributed by atoms with Gasteiger partial charge in [0, 0.05) is 40.9 Å². The van der Waals surface area contributed by atoms with Gasteiger partial charge in [-0.25, -0.2) is 13.1 Å². The number of fused-ring (bicyclic) bond motifs is 2. The molecular weight excluding hydrogens is 480 g/mol. The molecule has 1 saturated heterocycles. The number of aromatic nitrogens is 3. The van der Waals surface area contributed by atoms with Crippen molar-refractivity contribution in [2.75, 3.05) is 6.26 Å². The van der Waals surface area contributed by atoms with Gasteiger partial charge in [0.05, 0.1) is 11.6 Å². The van der Waals surface area contributed by atoms with E-state index in [0.717, 1.165) is 30.0 Å². The molecule has 10 heteroatoms. The van der Waals surface area contributed by atoms with Gasteiger partial charge in [0.2, 0.25) is 0 Å². The first kappa shape index (κ1) is 24.5. The van der Waals surface area contributed by atoms with Gasteiger partial charge in [-0.05, 0) is 44.7 Å². The van der Waals surface area contributed by atoms with E-state index in [-0.39, 0.29) is 29.6 Å². The number of hydrogen-bond acceptors (Lipinski definition) is 7. The van der Waals surface area contributed by atoms with Crippen LogP contribution in [0, 0.1) is 0 Å². The smallest absolute Gasteiger partial charge is 0.273 e. The van der Waals surface area contributed by atoms with E-state index in [1.165, 1.54) is 4.68 Å². The normalized spacial score (nSPS) is 19.4. The summed E-state index contributed by atoms with van der Waals surface area (Å²) in [4.78, 5) is 19.9. The molecule has 0 spiro atoms. The molecule has 0 bridgehead atoms. The Bertz CT molecular complexity index is 1540. The van der Waals surface area contributed by atoms with Crippen LogP contribution in [0.2, 0.25) is 0 Å². The molecule has 1 amide bonds. The molecule has 1 aliphatic heterocycles. The summed E-state index contributed by atoms with van der Waals surface area (Å²) in [5.41, 5.74) is 2.71. The number of carbonyl (C=O) groups is 1. The van der Waals surface area contributed by atoms with Crippen LogP contribution in [0.1, 0.15) is 50.0 Å². The number of para-hydroxylation sites is 1. The third-order valence-electron chi connectivity index (χ3n) is 6.98. The Morgan fingerprint density at radius 3 is 2.78 bits per heavy atom. The quantitative estimate of drug-likeness (QED) is 0.399. The highest BCUT2D eigenvalue weighted by Crippen LogP contribution is 2.35. The average Bonchev–Trinajstić information content (AvgIpc) is 3.52. The Morgan fingerprint density at radius 2 is 2.03 bits per heavy atom. The highest BCUT2D eigenvalue weighted by atomic mass is 32.2. The highest BCUT2D eigenvalue weighted by molar-refractivity contribution is 7.89. The second-order valence-corrected chi connectivity index (χ2v) is 11.8. The van der Waals surface area contributed by atoms with Gasteiger partial charge in [0.1, 0.15) is 29.1 Å². The lowest BCUT2D eigenvalue weighted by molar-refractivity contribution is 0.0594. The molecule has 5 rings (SSSR count). The monoisotopic (exact) mass is 510 g/mol. The van der Waals surface area contributed by atoms with E-state index < -0.39 is 15.9 Å². The summed E-state index contributed by atoms with van der Waals surface area (Å²) in [6.45, 7) is 3.93. The second-order valence-electron chi connectivity index (χ2n) is 9.73. The van der Waals surface area contributed by atoms with E-state index in [1.54, 1.807) is 18.5 Å². The van der Waals surface area contributed by atoms with Crippen LogP contribution < -0.4 is 0 Å². The lowest BCUT2D eigenvalue weighted by atomic mass is 10.0. The van der Waals surface area contributed by atoms with Gasteiger partial charge in [0.25, 0.3) is 5.91 Å². The van der Waals surface area contributed by atoms with E-state index in [1.807, 2.05) is 43.0 Å². The zero-order valence-electron chi connectivity index (χ0n) is 20.6. The SMILES string of the molecule is CCC(O)CC1CCC(C)N1C(=O)c1cc2c(cn1)c(-c1coc3ccccc13)nn2CS(C)(=O)=O. The summed E-state index contributed by atoms with van der Waals surface area (Å²) in [5, 5.41) is 16.3. The predicted octanol–water partition coefficient (Wildman–Crippen LogP) is 4.00. The first-order valence-electron chi connectivity index (χ1n) is 12.2. The van der Waals surface area contributed by atoms with Gasteiger partial charge in [0.15, 0.2) is 9.84 Å². The van der Waals surface area contributed by atoms with Gasteiger partial charge in [-0.1, -0.05) is 25.1 Å². The van der Waals surface area contributed by atoms with E-state index in [0.29, 0.717) is 35.0 Å². The van der Waals surface area contributed by atoms with Crippen molar-refractivity contribution in [2.24, 2.45) is 0 Å². The molecule has 0 aliphatic carbocycles. The Morgan fingerprint density at radius 1 is 1.25 bits per heavy atom. The Balaban J connectivity index is 1.60. The summed E-state index contributed by atoms with van der Waals surface area (Å²) in [5.74, 6) is -0.555. The van der Waals surface area contributed by atoms with Gasteiger partial charge in [-0.3, -0.25) is 9.78 Å². The maximum absolute atomic E-state index is 13.6. The fraction of sp³-hybridized carbons (Fsp3) is 0.423. The van der Waals surface area contributed by atoms with Crippen LogP contribution >= 0.6 is 0 Å². The van der Waals surface area contributed by atoms with Crippen LogP contribution in [-0.2, 0) is 15.7 Å². The van der Waals surface area contributed by atoms with Crippen LogP contribution in [-0.4, -0.2) is 63.5 Å². The van der Waals surface area contributed by atoms with Crippen molar-refractivity contribution in [2.45, 2.75) is 63.6 Å². The van der Waals surface area contributed by atoms with Crippen molar-refractivity contribution < 1.29 is 22.7 Å². The molecule has 4 aromatic rings. The predicted molar refractivity (Wildman–Crippen MR) is 137 cm³/mol. The maximum atomic E-state index is 13.6. The molecule has 36 heavy (non-hydrogen) atoms. The number of hydrogen-bond donors (Lipinski definition) is 1. The zero-order valence-corrected chi connectivity index (χ0v) is 21.4. The number of benzene rings is 1. The molecule has 1 N–H and O–H groups in total.